The first-order chi connectivity index (χ1) is 14.9. The van der Waals surface area contributed by atoms with Crippen molar-refractivity contribution in [2.45, 2.75) is 33.0 Å². The summed E-state index contributed by atoms with van der Waals surface area (Å²) in [5.41, 5.74) is -0.335. The molecule has 0 aliphatic rings. The molecule has 7 nitrogen and oxygen atoms in total. The molecule has 170 valence electrons. The van der Waals surface area contributed by atoms with Gasteiger partial charge in [-0.15, -0.1) is 6.42 Å². The monoisotopic (exact) mass is 468 g/mol. The van der Waals surface area contributed by atoms with E-state index in [0.717, 1.165) is 0 Å². The molecule has 0 aliphatic carbocycles. The lowest BCUT2D eigenvalue weighted by Crippen LogP contribution is -2.38. The van der Waals surface area contributed by atoms with Crippen LogP contribution in [0.2, 0.25) is 5.02 Å². The highest BCUT2D eigenvalue weighted by atomic mass is 35.5. The molecule has 0 spiro atoms. The van der Waals surface area contributed by atoms with Crippen molar-refractivity contribution in [2.24, 2.45) is 5.92 Å². The summed E-state index contributed by atoms with van der Waals surface area (Å²) < 4.78 is 43.4. The van der Waals surface area contributed by atoms with E-state index in [9.17, 15) is 22.8 Å². The molecule has 0 fully saturated rings. The number of hydrogen-bond donors (Lipinski definition) is 2. The molecule has 0 saturated heterocycles. The fraction of sp³-hybridized carbons (Fsp3) is 0.333. The average molecular weight is 469 g/mol. The van der Waals surface area contributed by atoms with Crippen molar-refractivity contribution in [3.05, 3.63) is 46.2 Å². The molecular formula is C21H20ClF3N4O3. The molecule has 0 aromatic carbocycles. The molecule has 0 aliphatic heterocycles. The number of halogens is 4. The van der Waals surface area contributed by atoms with E-state index in [1.165, 1.54) is 12.1 Å². The molecule has 32 heavy (non-hydrogen) atoms. The average Bonchev–Trinajstić information content (AvgIpc) is 2.70. The van der Waals surface area contributed by atoms with Crippen molar-refractivity contribution in [2.75, 3.05) is 11.9 Å². The third kappa shape index (κ3) is 6.85. The van der Waals surface area contributed by atoms with Gasteiger partial charge in [-0.25, -0.2) is 9.97 Å². The van der Waals surface area contributed by atoms with Gasteiger partial charge in [0.05, 0.1) is 5.56 Å². The normalized spacial score (nSPS) is 12.1. The molecule has 0 bridgehead atoms. The second-order valence-electron chi connectivity index (χ2n) is 7.04. The van der Waals surface area contributed by atoms with E-state index >= 15 is 0 Å². The van der Waals surface area contributed by atoms with Crippen LogP contribution >= 0.6 is 11.6 Å². The predicted octanol–water partition coefficient (Wildman–Crippen LogP) is 3.86. The Labute approximate surface area is 187 Å². The van der Waals surface area contributed by atoms with Crippen LogP contribution in [0.4, 0.5) is 19.0 Å². The number of aryl methyl sites for hydroxylation is 1. The van der Waals surface area contributed by atoms with E-state index in [0.29, 0.717) is 18.0 Å². The Hall–Kier alpha value is -3.32. The number of nitrogens with zero attached hydrogens (tertiary/aromatic N) is 2. The zero-order valence-corrected chi connectivity index (χ0v) is 18.1. The number of alkyl halides is 3. The largest absolute Gasteiger partial charge is 0.473 e. The number of anilines is 1. The number of aromatic nitrogens is 2. The van der Waals surface area contributed by atoms with E-state index in [1.807, 2.05) is 0 Å². The van der Waals surface area contributed by atoms with E-state index in [2.05, 4.69) is 26.5 Å². The zero-order valence-electron chi connectivity index (χ0n) is 17.4. The minimum Gasteiger partial charge on any atom is -0.473 e. The zero-order chi connectivity index (χ0) is 24.1. The first kappa shape index (κ1) is 24.9. The molecule has 2 aromatic rings. The molecule has 1 atom stereocenters. The van der Waals surface area contributed by atoms with Gasteiger partial charge in [0.15, 0.2) is 0 Å². The maximum absolute atomic E-state index is 12.7. The smallest absolute Gasteiger partial charge is 0.417 e. The second-order valence-corrected chi connectivity index (χ2v) is 7.45. The summed E-state index contributed by atoms with van der Waals surface area (Å²) in [5.74, 6) is 1.17. The van der Waals surface area contributed by atoms with Gasteiger partial charge in [0.2, 0.25) is 11.8 Å². The SMILES string of the molecule is C#C[C@H](COc1ncc(C(F)(F)F)cc1Cl)NC(=O)c1cc(C)nc(NC(=O)C(C)C)c1. The lowest BCUT2D eigenvalue weighted by molar-refractivity contribution is -0.137. The Bertz CT molecular complexity index is 1050. The second kappa shape index (κ2) is 10.3. The van der Waals surface area contributed by atoms with Crippen LogP contribution in [0.15, 0.2) is 24.4 Å². The fourth-order valence-corrected chi connectivity index (χ4v) is 2.58. The van der Waals surface area contributed by atoms with Crippen LogP contribution in [-0.2, 0) is 11.0 Å². The van der Waals surface area contributed by atoms with Gasteiger partial charge in [-0.05, 0) is 25.1 Å². The standard InChI is InChI=1S/C21H20ClF3N4O3/c1-5-15(10-32-20-16(22)8-14(9-26-20)21(23,24)25)28-19(31)13-6-12(4)27-17(7-13)29-18(30)11(2)3/h1,6-9,11,15H,10H2,2-4H3,(H,28,31)(H,27,29,30)/t15-/m1/s1. The Morgan fingerprint density at radius 1 is 1.28 bits per heavy atom. The molecule has 2 amide bonds. The molecule has 11 heteroatoms. The first-order valence-electron chi connectivity index (χ1n) is 9.32. The molecule has 0 radical (unpaired) electrons. The quantitative estimate of drug-likeness (QED) is 0.602. The maximum Gasteiger partial charge on any atom is 0.417 e. The van der Waals surface area contributed by atoms with Gasteiger partial charge in [0.1, 0.15) is 23.5 Å². The summed E-state index contributed by atoms with van der Waals surface area (Å²) in [6.45, 7) is 4.80. The summed E-state index contributed by atoms with van der Waals surface area (Å²) in [7, 11) is 0. The summed E-state index contributed by atoms with van der Waals surface area (Å²) >= 11 is 5.79. The Balaban J connectivity index is 2.07. The number of nitrogens with one attached hydrogen (secondary N) is 2. The predicted molar refractivity (Wildman–Crippen MR) is 112 cm³/mol. The fourth-order valence-electron chi connectivity index (χ4n) is 2.36. The number of pyridine rings is 2. The van der Waals surface area contributed by atoms with Gasteiger partial charge in [-0.3, -0.25) is 9.59 Å². The van der Waals surface area contributed by atoms with Crippen molar-refractivity contribution in [1.82, 2.24) is 15.3 Å². The van der Waals surface area contributed by atoms with Gasteiger partial charge < -0.3 is 15.4 Å². The third-order valence-corrected chi connectivity index (χ3v) is 4.29. The number of ether oxygens (including phenoxy) is 1. The third-order valence-electron chi connectivity index (χ3n) is 4.02. The molecular weight excluding hydrogens is 449 g/mol. The number of hydrogen-bond acceptors (Lipinski definition) is 5. The van der Waals surface area contributed by atoms with Crippen molar-refractivity contribution in [3.63, 3.8) is 0 Å². The van der Waals surface area contributed by atoms with Crippen LogP contribution in [-0.4, -0.2) is 34.4 Å². The number of rotatable bonds is 7. The van der Waals surface area contributed by atoms with Crippen LogP contribution in [0.25, 0.3) is 0 Å². The molecule has 2 heterocycles. The molecule has 0 saturated carbocycles. The summed E-state index contributed by atoms with van der Waals surface area (Å²) in [5, 5.41) is 4.81. The maximum atomic E-state index is 12.7. The van der Waals surface area contributed by atoms with Gasteiger partial charge in [0, 0.05) is 23.4 Å². The molecule has 2 N–H and O–H groups in total. The van der Waals surface area contributed by atoms with Crippen molar-refractivity contribution >= 4 is 29.2 Å². The highest BCUT2D eigenvalue weighted by molar-refractivity contribution is 6.31. The number of carbonyl (C=O) groups is 2. The number of amides is 2. The van der Waals surface area contributed by atoms with Gasteiger partial charge in [-0.2, -0.15) is 13.2 Å². The van der Waals surface area contributed by atoms with E-state index in [1.54, 1.807) is 20.8 Å². The topological polar surface area (TPSA) is 93.2 Å². The summed E-state index contributed by atoms with van der Waals surface area (Å²) in [4.78, 5) is 32.2. The van der Waals surface area contributed by atoms with Gasteiger partial charge >= 0.3 is 6.18 Å². The summed E-state index contributed by atoms with van der Waals surface area (Å²) in [6.07, 6.45) is 1.41. The van der Waals surface area contributed by atoms with E-state index in [-0.39, 0.29) is 40.7 Å². The lowest BCUT2D eigenvalue weighted by atomic mass is 10.1. The van der Waals surface area contributed by atoms with Crippen LogP contribution in [0, 0.1) is 25.2 Å². The number of terminal acetylenes is 1. The van der Waals surface area contributed by atoms with E-state index in [4.69, 9.17) is 22.8 Å². The highest BCUT2D eigenvalue weighted by Gasteiger charge is 2.31. The van der Waals surface area contributed by atoms with Crippen LogP contribution < -0.4 is 15.4 Å². The van der Waals surface area contributed by atoms with E-state index < -0.39 is 23.7 Å². The minimum absolute atomic E-state index is 0.197. The van der Waals surface area contributed by atoms with Crippen molar-refractivity contribution in [1.29, 1.82) is 0 Å². The first-order valence-corrected chi connectivity index (χ1v) is 9.70. The van der Waals surface area contributed by atoms with Crippen LogP contribution in [0.5, 0.6) is 5.88 Å². The number of carbonyl (C=O) groups excluding carboxylic acids is 2. The summed E-state index contributed by atoms with van der Waals surface area (Å²) in [6, 6.07) is 2.64. The Morgan fingerprint density at radius 3 is 2.53 bits per heavy atom. The minimum atomic E-state index is -4.60. The highest BCUT2D eigenvalue weighted by Crippen LogP contribution is 2.33. The van der Waals surface area contributed by atoms with Crippen LogP contribution in [0.1, 0.15) is 35.5 Å². The van der Waals surface area contributed by atoms with Gasteiger partial charge in [-0.1, -0.05) is 31.4 Å². The van der Waals surface area contributed by atoms with Gasteiger partial charge in [0.25, 0.3) is 5.91 Å². The lowest BCUT2D eigenvalue weighted by Gasteiger charge is -2.16. The van der Waals surface area contributed by atoms with Crippen LogP contribution in [0.3, 0.4) is 0 Å². The van der Waals surface area contributed by atoms with Crippen molar-refractivity contribution < 1.29 is 27.5 Å². The molecule has 2 aromatic heterocycles. The Kier molecular flexibility index (Phi) is 8.05. The van der Waals surface area contributed by atoms with Crippen molar-refractivity contribution in [3.8, 4) is 18.2 Å². The Morgan fingerprint density at radius 2 is 1.97 bits per heavy atom. The molecule has 2 rings (SSSR count). The molecule has 0 unspecified atom stereocenters.